The van der Waals surface area contributed by atoms with Crippen LogP contribution in [-0.4, -0.2) is 19.0 Å². The van der Waals surface area contributed by atoms with Crippen molar-refractivity contribution in [3.63, 3.8) is 0 Å². The van der Waals surface area contributed by atoms with Gasteiger partial charge in [-0.05, 0) is 67.9 Å². The summed E-state index contributed by atoms with van der Waals surface area (Å²) in [4.78, 5) is 16.4. The summed E-state index contributed by atoms with van der Waals surface area (Å²) in [5, 5.41) is 5.10. The summed E-state index contributed by atoms with van der Waals surface area (Å²) in [5.41, 5.74) is 4.30. The average molecular weight is 340 g/mol. The van der Waals surface area contributed by atoms with Crippen LogP contribution in [0.1, 0.15) is 47.0 Å². The van der Waals surface area contributed by atoms with Gasteiger partial charge in [-0.25, -0.2) is 0 Å². The van der Waals surface area contributed by atoms with Crippen molar-refractivity contribution in [2.24, 2.45) is 5.92 Å². The second-order valence-corrected chi connectivity index (χ2v) is 8.06. The second kappa shape index (κ2) is 6.60. The predicted octanol–water partition coefficient (Wildman–Crippen LogP) is 4.73. The summed E-state index contributed by atoms with van der Waals surface area (Å²) >= 11 is 1.74. The highest BCUT2D eigenvalue weighted by Gasteiger charge is 2.21. The molecule has 1 fully saturated rings. The van der Waals surface area contributed by atoms with E-state index in [0.717, 1.165) is 43.1 Å². The molecular formula is C20H24N2OS. The fourth-order valence-electron chi connectivity index (χ4n) is 3.81. The Hall–Kier alpha value is -1.81. The number of anilines is 2. The lowest BCUT2D eigenvalue weighted by Crippen LogP contribution is -2.19. The lowest BCUT2D eigenvalue weighted by Gasteiger charge is -2.18. The number of nitrogens with zero attached hydrogens (tertiary/aromatic N) is 1. The van der Waals surface area contributed by atoms with E-state index < -0.39 is 0 Å². The molecule has 1 atom stereocenters. The molecule has 0 saturated carbocycles. The molecule has 0 spiro atoms. The molecule has 24 heavy (non-hydrogen) atoms. The van der Waals surface area contributed by atoms with E-state index in [1.165, 1.54) is 35.4 Å². The van der Waals surface area contributed by atoms with Crippen molar-refractivity contribution in [1.82, 2.24) is 0 Å². The van der Waals surface area contributed by atoms with Gasteiger partial charge in [0.15, 0.2) is 0 Å². The number of thiophene rings is 1. The lowest BCUT2D eigenvalue weighted by atomic mass is 9.95. The highest BCUT2D eigenvalue weighted by molar-refractivity contribution is 7.10. The third kappa shape index (κ3) is 3.07. The Morgan fingerprint density at radius 1 is 1.21 bits per heavy atom. The molecule has 2 aromatic rings. The summed E-state index contributed by atoms with van der Waals surface area (Å²) in [6, 6.07) is 8.29. The zero-order valence-electron chi connectivity index (χ0n) is 14.2. The first-order valence-corrected chi connectivity index (χ1v) is 9.84. The normalized spacial score (nSPS) is 20.0. The molecular weight excluding hydrogens is 316 g/mol. The molecule has 1 aliphatic carbocycles. The lowest BCUT2D eigenvalue weighted by molar-refractivity contribution is 0.102. The number of rotatable bonds is 3. The number of hydrogen-bond donors (Lipinski definition) is 1. The molecule has 1 amide bonds. The van der Waals surface area contributed by atoms with Crippen molar-refractivity contribution < 1.29 is 4.79 Å². The topological polar surface area (TPSA) is 32.3 Å². The molecule has 2 aliphatic rings. The van der Waals surface area contributed by atoms with Gasteiger partial charge in [-0.2, -0.15) is 0 Å². The van der Waals surface area contributed by atoms with E-state index in [-0.39, 0.29) is 5.91 Å². The molecule has 4 heteroatoms. The van der Waals surface area contributed by atoms with Crippen LogP contribution in [0.25, 0.3) is 0 Å². The van der Waals surface area contributed by atoms with E-state index in [2.05, 4.69) is 29.3 Å². The van der Waals surface area contributed by atoms with Crippen molar-refractivity contribution in [2.75, 3.05) is 23.3 Å². The first-order chi connectivity index (χ1) is 11.7. The monoisotopic (exact) mass is 340 g/mol. The number of carbonyl (C=O) groups is 1. The van der Waals surface area contributed by atoms with Gasteiger partial charge in [0, 0.05) is 34.7 Å². The summed E-state index contributed by atoms with van der Waals surface area (Å²) in [5.74, 6) is 0.811. The quantitative estimate of drug-likeness (QED) is 0.876. The summed E-state index contributed by atoms with van der Waals surface area (Å²) < 4.78 is 0. The summed E-state index contributed by atoms with van der Waals surface area (Å²) in [6.45, 7) is 4.57. The Morgan fingerprint density at radius 2 is 2.00 bits per heavy atom. The molecule has 3 nitrogen and oxygen atoms in total. The maximum Gasteiger partial charge on any atom is 0.256 e. The van der Waals surface area contributed by atoms with E-state index in [0.29, 0.717) is 0 Å². The Morgan fingerprint density at radius 3 is 2.75 bits per heavy atom. The molecule has 1 aliphatic heterocycles. The molecule has 1 aromatic heterocycles. The minimum Gasteiger partial charge on any atom is -0.371 e. The molecule has 126 valence electrons. The number of hydrogen-bond acceptors (Lipinski definition) is 3. The van der Waals surface area contributed by atoms with E-state index in [1.54, 1.807) is 11.3 Å². The van der Waals surface area contributed by atoms with E-state index in [1.807, 2.05) is 17.5 Å². The number of fused-ring (bicyclic) bond motifs is 1. The number of aryl methyl sites for hydroxylation is 1. The van der Waals surface area contributed by atoms with Gasteiger partial charge in [0.2, 0.25) is 0 Å². The highest BCUT2D eigenvalue weighted by Crippen LogP contribution is 2.31. The van der Waals surface area contributed by atoms with Gasteiger partial charge in [-0.3, -0.25) is 4.79 Å². The van der Waals surface area contributed by atoms with Crippen molar-refractivity contribution >= 4 is 28.6 Å². The maximum absolute atomic E-state index is 12.6. The van der Waals surface area contributed by atoms with Gasteiger partial charge >= 0.3 is 0 Å². The zero-order valence-corrected chi connectivity index (χ0v) is 15.0. The second-order valence-electron chi connectivity index (χ2n) is 7.10. The standard InChI is InChI=1S/C20H24N2OS/c1-14-10-11-22(12-14)16-8-6-15(7-9-16)21-20(23)18-13-24-19-5-3-2-4-17(18)19/h6-9,13-14H,2-5,10-12H2,1H3,(H,21,23). The smallest absolute Gasteiger partial charge is 0.256 e. The number of benzene rings is 1. The van der Waals surface area contributed by atoms with Crippen LogP contribution in [0.3, 0.4) is 0 Å². The molecule has 0 bridgehead atoms. The summed E-state index contributed by atoms with van der Waals surface area (Å²) in [6.07, 6.45) is 5.91. The van der Waals surface area contributed by atoms with Crippen molar-refractivity contribution in [3.8, 4) is 0 Å². The molecule has 1 unspecified atom stereocenters. The average Bonchev–Trinajstić information content (AvgIpc) is 3.22. The highest BCUT2D eigenvalue weighted by atomic mass is 32.1. The Bertz CT molecular complexity index is 735. The largest absolute Gasteiger partial charge is 0.371 e. The van der Waals surface area contributed by atoms with Gasteiger partial charge < -0.3 is 10.2 Å². The minimum absolute atomic E-state index is 0.0388. The van der Waals surface area contributed by atoms with Gasteiger partial charge in [-0.1, -0.05) is 6.92 Å². The van der Waals surface area contributed by atoms with Crippen LogP contribution in [0.4, 0.5) is 11.4 Å². The Labute approximate surface area is 147 Å². The molecule has 2 heterocycles. The Kier molecular flexibility index (Phi) is 4.31. The molecule has 1 N–H and O–H groups in total. The fraction of sp³-hybridized carbons (Fsp3) is 0.450. The number of amides is 1. The number of nitrogens with one attached hydrogen (secondary N) is 1. The molecule has 0 radical (unpaired) electrons. The molecule has 1 saturated heterocycles. The third-order valence-corrected chi connectivity index (χ3v) is 6.31. The van der Waals surface area contributed by atoms with Crippen LogP contribution in [0.2, 0.25) is 0 Å². The molecule has 4 rings (SSSR count). The van der Waals surface area contributed by atoms with Gasteiger partial charge in [0.05, 0.1) is 5.56 Å². The van der Waals surface area contributed by atoms with Crippen LogP contribution in [0.5, 0.6) is 0 Å². The van der Waals surface area contributed by atoms with Crippen molar-refractivity contribution in [3.05, 3.63) is 45.6 Å². The van der Waals surface area contributed by atoms with Crippen molar-refractivity contribution in [1.29, 1.82) is 0 Å². The first-order valence-electron chi connectivity index (χ1n) is 8.96. The Balaban J connectivity index is 1.45. The van der Waals surface area contributed by atoms with E-state index in [9.17, 15) is 4.79 Å². The van der Waals surface area contributed by atoms with Crippen LogP contribution in [0, 0.1) is 5.92 Å². The van der Waals surface area contributed by atoms with Crippen LogP contribution in [0.15, 0.2) is 29.6 Å². The van der Waals surface area contributed by atoms with Crippen LogP contribution < -0.4 is 10.2 Å². The first kappa shape index (κ1) is 15.7. The van der Waals surface area contributed by atoms with Gasteiger partial charge in [-0.15, -0.1) is 11.3 Å². The third-order valence-electron chi connectivity index (χ3n) is 5.22. The van der Waals surface area contributed by atoms with Crippen molar-refractivity contribution in [2.45, 2.75) is 39.0 Å². The molecule has 1 aromatic carbocycles. The predicted molar refractivity (Wildman–Crippen MR) is 101 cm³/mol. The van der Waals surface area contributed by atoms with Gasteiger partial charge in [0.25, 0.3) is 5.91 Å². The summed E-state index contributed by atoms with van der Waals surface area (Å²) in [7, 11) is 0. The SMILES string of the molecule is CC1CCN(c2ccc(NC(=O)c3csc4c3CCCC4)cc2)C1. The minimum atomic E-state index is 0.0388. The van der Waals surface area contributed by atoms with E-state index in [4.69, 9.17) is 0 Å². The fourth-order valence-corrected chi connectivity index (χ4v) is 4.93. The van der Waals surface area contributed by atoms with E-state index >= 15 is 0 Å². The maximum atomic E-state index is 12.6. The van der Waals surface area contributed by atoms with Crippen LogP contribution in [-0.2, 0) is 12.8 Å². The zero-order chi connectivity index (χ0) is 16.5. The number of carbonyl (C=O) groups excluding carboxylic acids is 1. The van der Waals surface area contributed by atoms with Crippen LogP contribution >= 0.6 is 11.3 Å². The van der Waals surface area contributed by atoms with Gasteiger partial charge in [0.1, 0.15) is 0 Å².